The second kappa shape index (κ2) is 11.5. The number of halogens is 2. The Hall–Kier alpha value is -3.43. The van der Waals surface area contributed by atoms with Gasteiger partial charge in [0.05, 0.1) is 47.7 Å². The first-order valence-electron chi connectivity index (χ1n) is 12.0. The molecule has 7 nitrogen and oxygen atoms in total. The molecule has 1 aliphatic rings. The van der Waals surface area contributed by atoms with Crippen LogP contribution in [-0.4, -0.2) is 31.4 Å². The summed E-state index contributed by atoms with van der Waals surface area (Å²) in [5.41, 5.74) is 0.887. The molecule has 1 unspecified atom stereocenters. The molecule has 0 fully saturated rings. The van der Waals surface area contributed by atoms with Gasteiger partial charge in [-0.25, -0.2) is 14.2 Å². The van der Waals surface area contributed by atoms with Gasteiger partial charge in [-0.2, -0.15) is 0 Å². The van der Waals surface area contributed by atoms with Gasteiger partial charge >= 0.3 is 5.97 Å². The third-order valence-electron chi connectivity index (χ3n) is 6.16. The minimum atomic E-state index is -0.851. The van der Waals surface area contributed by atoms with Gasteiger partial charge in [0.2, 0.25) is 0 Å². The zero-order valence-electron chi connectivity index (χ0n) is 21.7. The SMILES string of the molecule is COC(=O)C1=C(C)N=c2sc(=Cc3c(F)cccc3Cl)c(=O)n2C1c1ccc(OCCC(C)C)c(OC)c1. The molecule has 2 aromatic carbocycles. The van der Waals surface area contributed by atoms with Gasteiger partial charge < -0.3 is 14.2 Å². The number of thiazole rings is 1. The van der Waals surface area contributed by atoms with Crippen LogP contribution in [0, 0.1) is 11.7 Å². The van der Waals surface area contributed by atoms with Crippen molar-refractivity contribution in [2.45, 2.75) is 33.2 Å². The first-order valence-corrected chi connectivity index (χ1v) is 13.2. The van der Waals surface area contributed by atoms with Gasteiger partial charge in [-0.05, 0) is 55.2 Å². The predicted molar refractivity (Wildman–Crippen MR) is 145 cm³/mol. The van der Waals surface area contributed by atoms with E-state index in [1.165, 1.54) is 37.0 Å². The summed E-state index contributed by atoms with van der Waals surface area (Å²) in [4.78, 5) is 31.5. The molecule has 0 spiro atoms. The molecule has 38 heavy (non-hydrogen) atoms. The number of esters is 1. The number of carbonyl (C=O) groups is 1. The number of methoxy groups -OCH3 is 2. The maximum atomic E-state index is 14.5. The fraction of sp³-hybridized carbons (Fsp3) is 0.321. The number of nitrogens with zero attached hydrogens (tertiary/aromatic N) is 2. The molecule has 4 rings (SSSR count). The Bertz CT molecular complexity index is 1570. The van der Waals surface area contributed by atoms with E-state index in [1.807, 2.05) is 0 Å². The van der Waals surface area contributed by atoms with E-state index in [9.17, 15) is 14.0 Å². The molecule has 1 aliphatic heterocycles. The molecule has 0 aliphatic carbocycles. The lowest BCUT2D eigenvalue weighted by Gasteiger charge is -2.25. The van der Waals surface area contributed by atoms with E-state index >= 15 is 0 Å². The van der Waals surface area contributed by atoms with Crippen LogP contribution in [-0.2, 0) is 9.53 Å². The highest BCUT2D eigenvalue weighted by molar-refractivity contribution is 7.07. The summed E-state index contributed by atoms with van der Waals surface area (Å²) in [7, 11) is 2.80. The Morgan fingerprint density at radius 2 is 2.00 bits per heavy atom. The number of ether oxygens (including phenoxy) is 3. The number of allylic oxidation sites excluding steroid dienone is 1. The van der Waals surface area contributed by atoms with Crippen molar-refractivity contribution in [3.8, 4) is 11.5 Å². The minimum Gasteiger partial charge on any atom is -0.493 e. The molecule has 3 aromatic rings. The number of aromatic nitrogens is 1. The Balaban J connectivity index is 1.89. The summed E-state index contributed by atoms with van der Waals surface area (Å²) < 4.78 is 32.7. The van der Waals surface area contributed by atoms with E-state index in [1.54, 1.807) is 31.2 Å². The molecule has 1 aromatic heterocycles. The Labute approximate surface area is 228 Å². The number of hydrogen-bond donors (Lipinski definition) is 0. The van der Waals surface area contributed by atoms with Gasteiger partial charge in [0, 0.05) is 5.56 Å². The topological polar surface area (TPSA) is 79.1 Å². The molecule has 0 bridgehead atoms. The minimum absolute atomic E-state index is 0.101. The molecule has 200 valence electrons. The molecular formula is C28H28ClFN2O5S. The van der Waals surface area contributed by atoms with Gasteiger partial charge in [0.15, 0.2) is 16.3 Å². The summed E-state index contributed by atoms with van der Waals surface area (Å²) in [5.74, 6) is 0.336. The van der Waals surface area contributed by atoms with Crippen LogP contribution in [0.5, 0.6) is 11.5 Å². The highest BCUT2D eigenvalue weighted by atomic mass is 35.5. The van der Waals surface area contributed by atoms with Crippen LogP contribution in [0.3, 0.4) is 0 Å². The largest absolute Gasteiger partial charge is 0.493 e. The highest BCUT2D eigenvalue weighted by Crippen LogP contribution is 2.36. The number of hydrogen-bond acceptors (Lipinski definition) is 7. The molecule has 0 saturated carbocycles. The molecule has 0 amide bonds. The van der Waals surface area contributed by atoms with Crippen molar-refractivity contribution in [3.05, 3.63) is 89.3 Å². The van der Waals surface area contributed by atoms with Crippen LogP contribution in [0.4, 0.5) is 4.39 Å². The van der Waals surface area contributed by atoms with Gasteiger partial charge in [-0.3, -0.25) is 9.36 Å². The van der Waals surface area contributed by atoms with E-state index in [0.29, 0.717) is 40.1 Å². The zero-order valence-corrected chi connectivity index (χ0v) is 23.3. The summed E-state index contributed by atoms with van der Waals surface area (Å²) in [6.07, 6.45) is 2.28. The van der Waals surface area contributed by atoms with Gasteiger partial charge in [0.1, 0.15) is 5.82 Å². The number of rotatable bonds is 8. The van der Waals surface area contributed by atoms with Gasteiger partial charge in [0.25, 0.3) is 5.56 Å². The molecule has 2 heterocycles. The summed E-state index contributed by atoms with van der Waals surface area (Å²) in [5, 5.41) is 0.177. The molecule has 0 saturated heterocycles. The molecule has 0 N–H and O–H groups in total. The fourth-order valence-corrected chi connectivity index (χ4v) is 5.41. The summed E-state index contributed by atoms with van der Waals surface area (Å²) >= 11 is 7.28. The number of fused-ring (bicyclic) bond motifs is 1. The molecule has 0 radical (unpaired) electrons. The molecule has 1 atom stereocenters. The van der Waals surface area contributed by atoms with E-state index in [0.717, 1.165) is 17.8 Å². The quantitative estimate of drug-likeness (QED) is 0.377. The van der Waals surface area contributed by atoms with Crippen LogP contribution < -0.4 is 24.4 Å². The second-order valence-electron chi connectivity index (χ2n) is 9.15. The molecule has 10 heteroatoms. The van der Waals surface area contributed by atoms with Gasteiger partial charge in [-0.15, -0.1) is 0 Å². The maximum absolute atomic E-state index is 14.5. The van der Waals surface area contributed by atoms with Crippen molar-refractivity contribution < 1.29 is 23.4 Å². The van der Waals surface area contributed by atoms with E-state index < -0.39 is 23.4 Å². The third kappa shape index (κ3) is 5.39. The first-order chi connectivity index (χ1) is 18.2. The maximum Gasteiger partial charge on any atom is 0.338 e. The Morgan fingerprint density at radius 1 is 1.24 bits per heavy atom. The fourth-order valence-electron chi connectivity index (χ4n) is 4.17. The van der Waals surface area contributed by atoms with Crippen molar-refractivity contribution in [1.29, 1.82) is 0 Å². The van der Waals surface area contributed by atoms with Crippen molar-refractivity contribution >= 4 is 35.0 Å². The van der Waals surface area contributed by atoms with Crippen LogP contribution >= 0.6 is 22.9 Å². The van der Waals surface area contributed by atoms with Crippen molar-refractivity contribution in [1.82, 2.24) is 4.57 Å². The van der Waals surface area contributed by atoms with Gasteiger partial charge in [-0.1, -0.05) is 48.9 Å². The van der Waals surface area contributed by atoms with Crippen LogP contribution in [0.25, 0.3) is 6.08 Å². The normalized spacial score (nSPS) is 15.4. The average Bonchev–Trinajstić information content (AvgIpc) is 3.19. The van der Waals surface area contributed by atoms with Crippen LogP contribution in [0.15, 0.2) is 57.5 Å². The van der Waals surface area contributed by atoms with Crippen molar-refractivity contribution in [3.63, 3.8) is 0 Å². The smallest absolute Gasteiger partial charge is 0.338 e. The third-order valence-corrected chi connectivity index (χ3v) is 7.47. The lowest BCUT2D eigenvalue weighted by atomic mass is 9.95. The standard InChI is InChI=1S/C28H28ClFN2O5S/c1-15(2)11-12-37-21-10-9-17(13-22(21)35-4)25-24(27(34)36-5)16(3)31-28-32(25)26(33)23(38-28)14-18-19(29)7-6-8-20(18)30/h6-10,13-15,25H,11-12H2,1-5H3. The first kappa shape index (κ1) is 27.6. The summed E-state index contributed by atoms with van der Waals surface area (Å²) in [6, 6.07) is 8.74. The van der Waals surface area contributed by atoms with Crippen molar-refractivity contribution in [2.24, 2.45) is 10.9 Å². The van der Waals surface area contributed by atoms with Crippen LogP contribution in [0.1, 0.15) is 44.4 Å². The lowest BCUT2D eigenvalue weighted by Crippen LogP contribution is -2.39. The number of carbonyl (C=O) groups excluding carboxylic acids is 1. The lowest BCUT2D eigenvalue weighted by molar-refractivity contribution is -0.136. The van der Waals surface area contributed by atoms with Crippen LogP contribution in [0.2, 0.25) is 5.02 Å². The molecular weight excluding hydrogens is 531 g/mol. The zero-order chi connectivity index (χ0) is 27.6. The second-order valence-corrected chi connectivity index (χ2v) is 10.6. The average molecular weight is 559 g/mol. The van der Waals surface area contributed by atoms with E-state index in [-0.39, 0.29) is 20.7 Å². The highest BCUT2D eigenvalue weighted by Gasteiger charge is 2.33. The Morgan fingerprint density at radius 3 is 2.66 bits per heavy atom. The number of benzene rings is 2. The monoisotopic (exact) mass is 558 g/mol. The predicted octanol–water partition coefficient (Wildman–Crippen LogP) is 4.63. The Kier molecular flexibility index (Phi) is 8.38. The summed E-state index contributed by atoms with van der Waals surface area (Å²) in [6.45, 7) is 6.43. The van der Waals surface area contributed by atoms with Crippen molar-refractivity contribution in [2.75, 3.05) is 20.8 Å². The van der Waals surface area contributed by atoms with E-state index in [2.05, 4.69) is 18.8 Å². The van der Waals surface area contributed by atoms with E-state index in [4.69, 9.17) is 25.8 Å².